The molecule has 0 amide bonds. The summed E-state index contributed by atoms with van der Waals surface area (Å²) in [5.41, 5.74) is 0.993. The van der Waals surface area contributed by atoms with Crippen LogP contribution in [0.25, 0.3) is 0 Å². The van der Waals surface area contributed by atoms with Gasteiger partial charge in [0.2, 0.25) is 10.0 Å². The summed E-state index contributed by atoms with van der Waals surface area (Å²) < 4.78 is 39.4. The topological polar surface area (TPSA) is 66.4 Å². The summed E-state index contributed by atoms with van der Waals surface area (Å²) in [6.45, 7) is -0.129. The highest BCUT2D eigenvalue weighted by molar-refractivity contribution is 7.98. The number of halogens is 1. The third kappa shape index (κ3) is 5.62. The number of thioether (sulfide) groups is 1. The monoisotopic (exact) mass is 355 g/mol. The quantitative estimate of drug-likeness (QED) is 0.750. The lowest BCUT2D eigenvalue weighted by atomic mass is 10.1. The third-order valence-corrected chi connectivity index (χ3v) is 5.31. The average molecular weight is 355 g/mol. The summed E-state index contributed by atoms with van der Waals surface area (Å²) in [7, 11) is -3.65. The van der Waals surface area contributed by atoms with E-state index in [1.165, 1.54) is 18.2 Å². The van der Waals surface area contributed by atoms with Crippen molar-refractivity contribution in [2.24, 2.45) is 0 Å². The van der Waals surface area contributed by atoms with E-state index in [2.05, 4.69) is 4.72 Å². The Balaban J connectivity index is 1.95. The maximum atomic E-state index is 13.1. The van der Waals surface area contributed by atoms with Crippen molar-refractivity contribution in [1.82, 2.24) is 4.72 Å². The number of aliphatic hydroxyl groups is 1. The summed E-state index contributed by atoms with van der Waals surface area (Å²) in [5.74, 6) is -0.810. The first-order valence-electron chi connectivity index (χ1n) is 6.93. The van der Waals surface area contributed by atoms with Crippen LogP contribution < -0.4 is 4.72 Å². The van der Waals surface area contributed by atoms with Crippen molar-refractivity contribution in [3.8, 4) is 0 Å². The van der Waals surface area contributed by atoms with E-state index >= 15 is 0 Å². The van der Waals surface area contributed by atoms with Crippen molar-refractivity contribution >= 4 is 21.8 Å². The van der Waals surface area contributed by atoms with Gasteiger partial charge in [-0.3, -0.25) is 0 Å². The van der Waals surface area contributed by atoms with Gasteiger partial charge < -0.3 is 5.11 Å². The molecule has 0 saturated heterocycles. The van der Waals surface area contributed by atoms with Gasteiger partial charge in [-0.2, -0.15) is 0 Å². The van der Waals surface area contributed by atoms with Gasteiger partial charge in [-0.1, -0.05) is 24.3 Å². The fourth-order valence-electron chi connectivity index (χ4n) is 2.05. The number of aliphatic hydroxyl groups excluding tert-OH is 1. The molecule has 0 aliphatic heterocycles. The van der Waals surface area contributed by atoms with E-state index in [0.717, 1.165) is 4.90 Å². The molecule has 2 aromatic carbocycles. The van der Waals surface area contributed by atoms with E-state index < -0.39 is 21.9 Å². The number of nitrogens with one attached hydrogen (secondary N) is 1. The molecular formula is C16H18FNO3S2. The first-order chi connectivity index (χ1) is 10.9. The zero-order valence-electron chi connectivity index (χ0n) is 12.6. The van der Waals surface area contributed by atoms with Gasteiger partial charge in [0.25, 0.3) is 0 Å². The van der Waals surface area contributed by atoms with Crippen molar-refractivity contribution in [3.05, 3.63) is 65.5 Å². The van der Waals surface area contributed by atoms with E-state index in [0.29, 0.717) is 11.1 Å². The first kappa shape index (κ1) is 17.9. The fourth-order valence-corrected chi connectivity index (χ4v) is 3.59. The Morgan fingerprint density at radius 3 is 2.52 bits per heavy atom. The van der Waals surface area contributed by atoms with E-state index in [9.17, 15) is 17.9 Å². The minimum absolute atomic E-state index is 0.129. The molecule has 0 aliphatic rings. The van der Waals surface area contributed by atoms with E-state index in [1.807, 2.05) is 18.4 Å². The number of benzene rings is 2. The standard InChI is InChI=1S/C16H18FNO3S2/c1-22-15-7-5-13(6-8-15)16(19)10-18-23(20,21)11-12-3-2-4-14(17)9-12/h2-9,16,18-19H,10-11H2,1H3. The lowest BCUT2D eigenvalue weighted by Gasteiger charge is -2.13. The van der Waals surface area contributed by atoms with Crippen LogP contribution in [0.15, 0.2) is 53.4 Å². The minimum Gasteiger partial charge on any atom is -0.387 e. The number of sulfonamides is 1. The normalized spacial score (nSPS) is 13.0. The van der Waals surface area contributed by atoms with Crippen molar-refractivity contribution < 1.29 is 17.9 Å². The van der Waals surface area contributed by atoms with Crippen LogP contribution in [-0.4, -0.2) is 26.3 Å². The molecule has 2 rings (SSSR count). The Kier molecular flexibility index (Phi) is 6.17. The largest absolute Gasteiger partial charge is 0.387 e. The molecule has 0 spiro atoms. The van der Waals surface area contributed by atoms with E-state index in [4.69, 9.17) is 0 Å². The molecule has 2 aromatic rings. The molecule has 0 heterocycles. The lowest BCUT2D eigenvalue weighted by Crippen LogP contribution is -2.29. The van der Waals surface area contributed by atoms with Gasteiger partial charge in [0.1, 0.15) is 5.82 Å². The van der Waals surface area contributed by atoms with Gasteiger partial charge >= 0.3 is 0 Å². The molecule has 2 N–H and O–H groups in total. The zero-order chi connectivity index (χ0) is 16.9. The van der Waals surface area contributed by atoms with Gasteiger partial charge in [0.05, 0.1) is 11.9 Å². The molecule has 23 heavy (non-hydrogen) atoms. The molecular weight excluding hydrogens is 337 g/mol. The van der Waals surface area contributed by atoms with Gasteiger partial charge in [0.15, 0.2) is 0 Å². The summed E-state index contributed by atoms with van der Waals surface area (Å²) in [4.78, 5) is 1.06. The Bertz CT molecular complexity index is 748. The third-order valence-electron chi connectivity index (χ3n) is 3.24. The van der Waals surface area contributed by atoms with Gasteiger partial charge in [-0.15, -0.1) is 11.8 Å². The van der Waals surface area contributed by atoms with Crippen LogP contribution in [0.3, 0.4) is 0 Å². The molecule has 0 radical (unpaired) electrons. The smallest absolute Gasteiger partial charge is 0.215 e. The first-order valence-corrected chi connectivity index (χ1v) is 9.81. The van der Waals surface area contributed by atoms with Crippen molar-refractivity contribution in [3.63, 3.8) is 0 Å². The van der Waals surface area contributed by atoms with E-state index in [-0.39, 0.29) is 12.3 Å². The summed E-state index contributed by atoms with van der Waals surface area (Å²) in [6, 6.07) is 12.7. The Hall–Kier alpha value is -1.41. The molecule has 1 unspecified atom stereocenters. The van der Waals surface area contributed by atoms with Crippen LogP contribution in [0.1, 0.15) is 17.2 Å². The minimum atomic E-state index is -3.65. The van der Waals surface area contributed by atoms with Crippen molar-refractivity contribution in [1.29, 1.82) is 0 Å². The molecule has 7 heteroatoms. The summed E-state index contributed by atoms with van der Waals surface area (Å²) in [5, 5.41) is 10.1. The molecule has 0 aliphatic carbocycles. The van der Waals surface area contributed by atoms with Crippen LogP contribution >= 0.6 is 11.8 Å². The molecule has 4 nitrogen and oxygen atoms in total. The van der Waals surface area contributed by atoms with Gasteiger partial charge in [0, 0.05) is 11.4 Å². The Morgan fingerprint density at radius 2 is 1.91 bits per heavy atom. The summed E-state index contributed by atoms with van der Waals surface area (Å²) in [6.07, 6.45) is 1.01. The van der Waals surface area contributed by atoms with Gasteiger partial charge in [-0.05, 0) is 41.6 Å². The fraction of sp³-hybridized carbons (Fsp3) is 0.250. The average Bonchev–Trinajstić information content (AvgIpc) is 2.52. The molecule has 0 saturated carbocycles. The highest BCUT2D eigenvalue weighted by atomic mass is 32.2. The second kappa shape index (κ2) is 7.92. The van der Waals surface area contributed by atoms with Crippen molar-refractivity contribution in [2.45, 2.75) is 16.8 Å². The van der Waals surface area contributed by atoms with Crippen LogP contribution in [0.5, 0.6) is 0 Å². The van der Waals surface area contributed by atoms with Crippen LogP contribution in [0.4, 0.5) is 4.39 Å². The second-order valence-corrected chi connectivity index (χ2v) is 7.71. The number of hydrogen-bond acceptors (Lipinski definition) is 4. The number of hydrogen-bond donors (Lipinski definition) is 2. The predicted octanol–water partition coefficient (Wildman–Crippen LogP) is 2.70. The van der Waals surface area contributed by atoms with Crippen LogP contribution in [0, 0.1) is 5.82 Å². The number of rotatable bonds is 7. The van der Waals surface area contributed by atoms with Crippen LogP contribution in [-0.2, 0) is 15.8 Å². The predicted molar refractivity (Wildman–Crippen MR) is 90.2 cm³/mol. The maximum Gasteiger partial charge on any atom is 0.215 e. The second-order valence-electron chi connectivity index (χ2n) is 5.03. The molecule has 0 bridgehead atoms. The highest BCUT2D eigenvalue weighted by Crippen LogP contribution is 2.19. The lowest BCUT2D eigenvalue weighted by molar-refractivity contribution is 0.182. The molecule has 0 fully saturated rings. The molecule has 124 valence electrons. The maximum absolute atomic E-state index is 13.1. The Morgan fingerprint density at radius 1 is 1.22 bits per heavy atom. The molecule has 1 atom stereocenters. The highest BCUT2D eigenvalue weighted by Gasteiger charge is 2.15. The van der Waals surface area contributed by atoms with Crippen molar-refractivity contribution in [2.75, 3.05) is 12.8 Å². The molecule has 0 aromatic heterocycles. The van der Waals surface area contributed by atoms with Crippen LogP contribution in [0.2, 0.25) is 0 Å². The van der Waals surface area contributed by atoms with E-state index in [1.54, 1.807) is 30.0 Å². The SMILES string of the molecule is CSc1ccc(C(O)CNS(=O)(=O)Cc2cccc(F)c2)cc1. The Labute approximate surface area is 139 Å². The van der Waals surface area contributed by atoms with Gasteiger partial charge in [-0.25, -0.2) is 17.5 Å². The summed E-state index contributed by atoms with van der Waals surface area (Å²) >= 11 is 1.59. The zero-order valence-corrected chi connectivity index (χ0v) is 14.2.